The fourth-order valence-electron chi connectivity index (χ4n) is 3.89. The van der Waals surface area contributed by atoms with Crippen LogP contribution in [-0.4, -0.2) is 58.7 Å². The van der Waals surface area contributed by atoms with Crippen LogP contribution in [0.2, 0.25) is 0 Å². The molecule has 0 aromatic heterocycles. The molecule has 2 fully saturated rings. The normalized spacial score (nSPS) is 33.3. The van der Waals surface area contributed by atoms with Crippen LogP contribution in [0.4, 0.5) is 4.39 Å². The van der Waals surface area contributed by atoms with Gasteiger partial charge in [-0.1, -0.05) is 60.6 Å². The monoisotopic (exact) mass is 545 g/mol. The molecule has 1 unspecified atom stereocenters. The van der Waals surface area contributed by atoms with Crippen molar-refractivity contribution in [3.8, 4) is 0 Å². The van der Waals surface area contributed by atoms with Gasteiger partial charge in [-0.2, -0.15) is 0 Å². The molecule has 0 bridgehead atoms. The maximum Gasteiger partial charge on any atom is 0.475 e. The van der Waals surface area contributed by atoms with Crippen molar-refractivity contribution in [3.05, 3.63) is 42.1 Å². The Hall–Kier alpha value is -1.20. The number of rotatable bonds is 7. The third-order valence-corrected chi connectivity index (χ3v) is 10.5. The molecule has 3 aliphatic heterocycles. The molecule has 192 valence electrons. The highest BCUT2D eigenvalue weighted by atomic mass is 33.1. The van der Waals surface area contributed by atoms with Gasteiger partial charge in [-0.05, 0) is 31.1 Å². The van der Waals surface area contributed by atoms with Crippen molar-refractivity contribution in [1.29, 1.82) is 0 Å². The van der Waals surface area contributed by atoms with E-state index < -0.39 is 37.8 Å². The van der Waals surface area contributed by atoms with Gasteiger partial charge in [0.05, 0.1) is 19.6 Å². The Morgan fingerprint density at radius 1 is 1.29 bits per heavy atom. The maximum atomic E-state index is 15.8. The second kappa shape index (κ2) is 10.3. The average molecular weight is 546 g/mol. The van der Waals surface area contributed by atoms with Crippen molar-refractivity contribution in [3.63, 3.8) is 0 Å². The van der Waals surface area contributed by atoms with Gasteiger partial charge in [-0.25, -0.2) is 8.96 Å². The van der Waals surface area contributed by atoms with Gasteiger partial charge in [0.2, 0.25) is 5.91 Å². The first-order chi connectivity index (χ1) is 16.4. The molecule has 0 radical (unpaired) electrons. The van der Waals surface area contributed by atoms with Gasteiger partial charge in [0.1, 0.15) is 12.2 Å². The Kier molecular flexibility index (Phi) is 7.89. The van der Waals surface area contributed by atoms with Gasteiger partial charge in [0.25, 0.3) is 0 Å². The number of phosphoric acid groups is 1. The van der Waals surface area contributed by atoms with Crippen molar-refractivity contribution in [2.75, 3.05) is 13.2 Å². The molecule has 1 aromatic rings. The fraction of sp³-hybridized carbons (Fsp3) is 0.565. The Morgan fingerprint density at radius 3 is 2.74 bits per heavy atom. The minimum atomic E-state index is -4.06. The predicted molar refractivity (Wildman–Crippen MR) is 132 cm³/mol. The van der Waals surface area contributed by atoms with Crippen molar-refractivity contribution < 1.29 is 36.9 Å². The number of halogens is 1. The lowest BCUT2D eigenvalue weighted by molar-refractivity contribution is -0.150. The number of amides is 1. The first-order valence-corrected chi connectivity index (χ1v) is 14.9. The van der Waals surface area contributed by atoms with E-state index in [1.165, 1.54) is 19.2 Å². The summed E-state index contributed by atoms with van der Waals surface area (Å²) < 4.78 is 51.2. The molecule has 0 aliphatic carbocycles. The van der Waals surface area contributed by atoms with E-state index in [4.69, 9.17) is 18.3 Å². The van der Waals surface area contributed by atoms with Gasteiger partial charge in [0, 0.05) is 15.8 Å². The minimum absolute atomic E-state index is 0.0508. The molecule has 4 rings (SSSR count). The topological polar surface area (TPSA) is 91.4 Å². The first kappa shape index (κ1) is 26.9. The fourth-order valence-corrected chi connectivity index (χ4v) is 7.61. The highest BCUT2D eigenvalue weighted by Gasteiger charge is 2.62. The summed E-state index contributed by atoms with van der Waals surface area (Å²) in [7, 11) is -0.638. The Bertz CT molecular complexity index is 1060. The number of phosphoric ester groups is 1. The molecular formula is C23H29FNO7PS2. The van der Waals surface area contributed by atoms with Crippen molar-refractivity contribution >= 4 is 41.1 Å². The van der Waals surface area contributed by atoms with Crippen LogP contribution < -0.4 is 0 Å². The molecule has 0 spiro atoms. The number of alkyl halides is 1. The molecule has 0 saturated carbocycles. The van der Waals surface area contributed by atoms with Gasteiger partial charge in [-0.15, -0.1) is 0 Å². The van der Waals surface area contributed by atoms with Gasteiger partial charge >= 0.3 is 7.82 Å². The predicted octanol–water partition coefficient (Wildman–Crippen LogP) is 5.08. The van der Waals surface area contributed by atoms with Gasteiger partial charge < -0.3 is 4.74 Å². The van der Waals surface area contributed by atoms with E-state index in [0.717, 1.165) is 15.4 Å². The lowest BCUT2D eigenvalue weighted by Gasteiger charge is -2.35. The second-order valence-electron chi connectivity index (χ2n) is 9.68. The summed E-state index contributed by atoms with van der Waals surface area (Å²) in [4.78, 5) is 25.9. The summed E-state index contributed by atoms with van der Waals surface area (Å²) in [6.07, 6.45) is -0.986. The van der Waals surface area contributed by atoms with Gasteiger partial charge in [0.15, 0.2) is 17.7 Å². The number of benzene rings is 1. The molecular weight excluding hydrogens is 516 g/mol. The SMILES string of the molecule is CC(C)(C)SSc1ccccc1CCOP1(=O)OC[C@H]2O[C@@H](N3C=CC(=O)CC3=O)[C@](C)(F)[C@@H]2O1. The van der Waals surface area contributed by atoms with Crippen molar-refractivity contribution in [1.82, 2.24) is 4.90 Å². The van der Waals surface area contributed by atoms with E-state index in [9.17, 15) is 14.2 Å². The summed E-state index contributed by atoms with van der Waals surface area (Å²) in [5.74, 6) is -0.941. The van der Waals surface area contributed by atoms with E-state index in [1.807, 2.05) is 24.3 Å². The van der Waals surface area contributed by atoms with Crippen molar-refractivity contribution in [2.45, 2.75) is 74.3 Å². The van der Waals surface area contributed by atoms with Crippen LogP contribution in [0.5, 0.6) is 0 Å². The van der Waals surface area contributed by atoms with Gasteiger partial charge in [-0.3, -0.25) is 28.1 Å². The largest absolute Gasteiger partial charge is 0.475 e. The quantitative estimate of drug-likeness (QED) is 0.264. The highest BCUT2D eigenvalue weighted by molar-refractivity contribution is 8.77. The first-order valence-electron chi connectivity index (χ1n) is 11.3. The third-order valence-electron chi connectivity index (χ3n) is 5.58. The molecule has 5 atom stereocenters. The number of ketones is 1. The Morgan fingerprint density at radius 2 is 2.03 bits per heavy atom. The Labute approximate surface area is 212 Å². The standard InChI is InChI=1S/C23H29FNO7PS2/c1-22(2,3)35-34-18-8-6-5-7-15(18)10-12-29-33(28)30-14-17-20(32-33)23(4,24)21(31-17)25-11-9-16(26)13-19(25)27/h5-9,11,17,20-21H,10,12-14H2,1-4H3/t17-,20-,21-,23-,33?/m1/s1. The second-order valence-corrected chi connectivity index (χ2v) is 14.3. The Balaban J connectivity index is 1.38. The summed E-state index contributed by atoms with van der Waals surface area (Å²) in [6, 6.07) is 7.89. The zero-order valence-electron chi connectivity index (χ0n) is 20.0. The number of carbonyl (C=O) groups excluding carboxylic acids is 2. The van der Waals surface area contributed by atoms with Crippen LogP contribution in [0.15, 0.2) is 41.4 Å². The van der Waals surface area contributed by atoms with Crippen LogP contribution in [0.25, 0.3) is 0 Å². The summed E-state index contributed by atoms with van der Waals surface area (Å²) in [5, 5.41) is 0. The van der Waals surface area contributed by atoms with Crippen LogP contribution in [0.3, 0.4) is 0 Å². The zero-order chi connectivity index (χ0) is 25.4. The minimum Gasteiger partial charge on any atom is -0.346 e. The molecule has 8 nitrogen and oxygen atoms in total. The summed E-state index contributed by atoms with van der Waals surface area (Å²) in [5.41, 5.74) is -1.18. The number of allylic oxidation sites excluding steroid dienone is 1. The van der Waals surface area contributed by atoms with Crippen LogP contribution in [0, 0.1) is 0 Å². The van der Waals surface area contributed by atoms with Crippen LogP contribution in [0.1, 0.15) is 39.7 Å². The molecule has 3 aliphatic rings. The maximum absolute atomic E-state index is 15.8. The molecule has 3 heterocycles. The third kappa shape index (κ3) is 6.21. The van der Waals surface area contributed by atoms with E-state index >= 15 is 4.39 Å². The number of hydrogen-bond donors (Lipinski definition) is 0. The van der Waals surface area contributed by atoms with E-state index in [2.05, 4.69) is 20.8 Å². The number of nitrogens with zero attached hydrogens (tertiary/aromatic N) is 1. The molecule has 1 amide bonds. The molecule has 1 aromatic carbocycles. The highest BCUT2D eigenvalue weighted by Crippen LogP contribution is 2.58. The lowest BCUT2D eigenvalue weighted by atomic mass is 9.97. The zero-order valence-corrected chi connectivity index (χ0v) is 22.5. The smallest absolute Gasteiger partial charge is 0.346 e. The molecule has 35 heavy (non-hydrogen) atoms. The number of carbonyl (C=O) groups is 2. The van der Waals surface area contributed by atoms with E-state index in [1.54, 1.807) is 21.6 Å². The average Bonchev–Trinajstić information content (AvgIpc) is 3.02. The molecule has 2 saturated heterocycles. The number of hydrogen-bond acceptors (Lipinski definition) is 9. The van der Waals surface area contributed by atoms with E-state index in [0.29, 0.717) is 6.42 Å². The number of fused-ring (bicyclic) bond motifs is 1. The van der Waals surface area contributed by atoms with E-state index in [-0.39, 0.29) is 30.2 Å². The molecule has 0 N–H and O–H groups in total. The molecule has 12 heteroatoms. The lowest BCUT2D eigenvalue weighted by Crippen LogP contribution is -2.52. The van der Waals surface area contributed by atoms with Crippen molar-refractivity contribution in [2.24, 2.45) is 0 Å². The summed E-state index contributed by atoms with van der Waals surface area (Å²) in [6.45, 7) is 7.47. The number of ether oxygens (including phenoxy) is 1. The van der Waals surface area contributed by atoms with Crippen LogP contribution >= 0.6 is 29.4 Å². The van der Waals surface area contributed by atoms with Crippen LogP contribution in [-0.2, 0) is 38.9 Å². The summed E-state index contributed by atoms with van der Waals surface area (Å²) >= 11 is 0.